The van der Waals surface area contributed by atoms with Gasteiger partial charge < -0.3 is 0 Å². The molecule has 0 nitrogen and oxygen atoms in total. The maximum absolute atomic E-state index is 3.67. The van der Waals surface area contributed by atoms with Crippen LogP contribution in [0.2, 0.25) is 0 Å². The van der Waals surface area contributed by atoms with Gasteiger partial charge in [-0.15, -0.1) is 0 Å². The van der Waals surface area contributed by atoms with E-state index < -0.39 is 0 Å². The van der Waals surface area contributed by atoms with Gasteiger partial charge in [0.25, 0.3) is 0 Å². The Labute approximate surface area is 122 Å². The fourth-order valence-corrected chi connectivity index (χ4v) is 1.95. The molecule has 102 valence electrons. The van der Waals surface area contributed by atoms with Gasteiger partial charge in [-0.25, -0.2) is 0 Å². The Morgan fingerprint density at radius 1 is 0.900 bits per heavy atom. The van der Waals surface area contributed by atoms with Crippen LogP contribution >= 0.6 is 0 Å². The van der Waals surface area contributed by atoms with Crippen LogP contribution in [-0.2, 0) is 0 Å². The lowest BCUT2D eigenvalue weighted by atomic mass is 9.99. The fourth-order valence-electron chi connectivity index (χ4n) is 1.95. The second-order valence-corrected chi connectivity index (χ2v) is 4.42. The molecule has 0 heteroatoms. The Balaban J connectivity index is 0.00000200. The van der Waals surface area contributed by atoms with Crippen LogP contribution < -0.4 is 0 Å². The van der Waals surface area contributed by atoms with Crippen LogP contribution in [0.3, 0.4) is 0 Å². The molecule has 2 rings (SSSR count). The summed E-state index contributed by atoms with van der Waals surface area (Å²) in [6.07, 6.45) is 7.83. The molecule has 0 N–H and O–H groups in total. The van der Waals surface area contributed by atoms with Gasteiger partial charge in [0.2, 0.25) is 0 Å². The van der Waals surface area contributed by atoms with E-state index in [4.69, 9.17) is 0 Å². The molecule has 0 aliphatic rings. The normalized spacial score (nSPS) is 11.2. The van der Waals surface area contributed by atoms with Crippen molar-refractivity contribution in [2.75, 3.05) is 0 Å². The van der Waals surface area contributed by atoms with Crippen molar-refractivity contribution in [3.63, 3.8) is 0 Å². The van der Waals surface area contributed by atoms with Gasteiger partial charge in [-0.1, -0.05) is 86.8 Å². The lowest BCUT2D eigenvalue weighted by Crippen LogP contribution is -1.82. The monoisotopic (exact) mass is 262 g/mol. The van der Waals surface area contributed by atoms with Gasteiger partial charge in [-0.2, -0.15) is 0 Å². The molecule has 2 aromatic rings. The SMILES string of the molecule is C.C=C/C=C\C=C(/C)c1cccc(-c2ccccc2)c1. The molecule has 0 atom stereocenters. The number of benzene rings is 2. The Kier molecular flexibility index (Phi) is 6.25. The highest BCUT2D eigenvalue weighted by Gasteiger charge is 1.99. The summed E-state index contributed by atoms with van der Waals surface area (Å²) in [6, 6.07) is 19.1. The Hall–Kier alpha value is -2.34. The first-order valence-corrected chi connectivity index (χ1v) is 6.43. The van der Waals surface area contributed by atoms with Crippen molar-refractivity contribution < 1.29 is 0 Å². The van der Waals surface area contributed by atoms with Gasteiger partial charge >= 0.3 is 0 Å². The molecule has 0 aromatic heterocycles. The summed E-state index contributed by atoms with van der Waals surface area (Å²) in [5, 5.41) is 0. The first kappa shape index (κ1) is 15.7. The van der Waals surface area contributed by atoms with E-state index in [9.17, 15) is 0 Å². The van der Waals surface area contributed by atoms with E-state index in [0.717, 1.165) is 0 Å². The second kappa shape index (κ2) is 7.96. The molecule has 0 saturated carbocycles. The highest BCUT2D eigenvalue weighted by molar-refractivity contribution is 5.72. The largest absolute Gasteiger partial charge is 0.0991 e. The highest BCUT2D eigenvalue weighted by atomic mass is 14.0. The van der Waals surface area contributed by atoms with E-state index in [0.29, 0.717) is 0 Å². The molecule has 0 heterocycles. The van der Waals surface area contributed by atoms with Crippen LogP contribution in [0, 0.1) is 0 Å². The molecule has 2 aromatic carbocycles. The molecule has 0 unspecified atom stereocenters. The predicted molar refractivity (Wildman–Crippen MR) is 91.6 cm³/mol. The van der Waals surface area contributed by atoms with Gasteiger partial charge in [0.15, 0.2) is 0 Å². The average molecular weight is 262 g/mol. The first-order chi connectivity index (χ1) is 9.31. The van der Waals surface area contributed by atoms with Crippen LogP contribution in [0.4, 0.5) is 0 Å². The summed E-state index contributed by atoms with van der Waals surface area (Å²) in [4.78, 5) is 0. The van der Waals surface area contributed by atoms with Crippen molar-refractivity contribution in [1.29, 1.82) is 0 Å². The smallest absolute Gasteiger partial charge is 0.0178 e. The van der Waals surface area contributed by atoms with Crippen LogP contribution in [0.1, 0.15) is 19.9 Å². The molecule has 0 saturated heterocycles. The number of rotatable bonds is 4. The minimum absolute atomic E-state index is 0. The molecule has 0 aliphatic heterocycles. The van der Waals surface area contributed by atoms with Crippen LogP contribution in [-0.4, -0.2) is 0 Å². The van der Waals surface area contributed by atoms with Crippen LogP contribution in [0.15, 0.2) is 85.5 Å². The minimum Gasteiger partial charge on any atom is -0.0991 e. The molecule has 0 spiro atoms. The molecule has 0 fully saturated rings. The lowest BCUT2D eigenvalue weighted by molar-refractivity contribution is 1.54. The maximum atomic E-state index is 3.67. The Morgan fingerprint density at radius 2 is 1.60 bits per heavy atom. The number of hydrogen-bond acceptors (Lipinski definition) is 0. The van der Waals surface area contributed by atoms with Gasteiger partial charge in [-0.05, 0) is 35.3 Å². The van der Waals surface area contributed by atoms with E-state index >= 15 is 0 Å². The number of allylic oxidation sites excluding steroid dienone is 5. The first-order valence-electron chi connectivity index (χ1n) is 6.43. The van der Waals surface area contributed by atoms with Gasteiger partial charge in [-0.3, -0.25) is 0 Å². The van der Waals surface area contributed by atoms with Crippen molar-refractivity contribution >= 4 is 5.57 Å². The quantitative estimate of drug-likeness (QED) is 0.581. The molecule has 20 heavy (non-hydrogen) atoms. The molecular formula is C20H22. The van der Waals surface area contributed by atoms with Gasteiger partial charge in [0, 0.05) is 0 Å². The van der Waals surface area contributed by atoms with Gasteiger partial charge in [0.1, 0.15) is 0 Å². The average Bonchev–Trinajstić information content (AvgIpc) is 2.48. The Bertz CT molecular complexity index is 601. The molecular weight excluding hydrogens is 240 g/mol. The van der Waals surface area contributed by atoms with Crippen molar-refractivity contribution in [3.8, 4) is 11.1 Å². The molecule has 0 aliphatic carbocycles. The molecule has 0 radical (unpaired) electrons. The van der Waals surface area contributed by atoms with E-state index in [1.807, 2.05) is 18.2 Å². The summed E-state index contributed by atoms with van der Waals surface area (Å²) in [5.74, 6) is 0. The third-order valence-electron chi connectivity index (χ3n) is 3.02. The van der Waals surface area contributed by atoms with Crippen molar-refractivity contribution in [2.45, 2.75) is 14.4 Å². The van der Waals surface area contributed by atoms with E-state index in [1.54, 1.807) is 6.08 Å². The zero-order chi connectivity index (χ0) is 13.5. The summed E-state index contributed by atoms with van der Waals surface area (Å²) < 4.78 is 0. The Morgan fingerprint density at radius 3 is 2.30 bits per heavy atom. The van der Waals surface area contributed by atoms with Crippen molar-refractivity contribution in [1.82, 2.24) is 0 Å². The lowest BCUT2D eigenvalue weighted by Gasteiger charge is -2.05. The third-order valence-corrected chi connectivity index (χ3v) is 3.02. The van der Waals surface area contributed by atoms with E-state index in [2.05, 4.69) is 68.1 Å². The van der Waals surface area contributed by atoms with Crippen molar-refractivity contribution in [2.24, 2.45) is 0 Å². The topological polar surface area (TPSA) is 0 Å². The van der Waals surface area contributed by atoms with Crippen LogP contribution in [0.5, 0.6) is 0 Å². The molecule has 0 amide bonds. The summed E-state index contributed by atoms with van der Waals surface area (Å²) >= 11 is 0. The zero-order valence-electron chi connectivity index (χ0n) is 11.2. The zero-order valence-corrected chi connectivity index (χ0v) is 11.2. The van der Waals surface area contributed by atoms with Gasteiger partial charge in [0.05, 0.1) is 0 Å². The standard InChI is InChI=1S/C19H18.CH4/c1-3-4-6-10-16(2)18-13-9-14-19(15-18)17-11-7-5-8-12-17;/h3-15H,1H2,2H3;1H4/b6-4-,16-10+;. The maximum Gasteiger partial charge on any atom is -0.0178 e. The fraction of sp³-hybridized carbons (Fsp3) is 0.100. The summed E-state index contributed by atoms with van der Waals surface area (Å²) in [7, 11) is 0. The molecule has 0 bridgehead atoms. The number of hydrogen-bond donors (Lipinski definition) is 0. The minimum atomic E-state index is 0. The van der Waals surface area contributed by atoms with Crippen molar-refractivity contribution in [3.05, 3.63) is 91.0 Å². The second-order valence-electron chi connectivity index (χ2n) is 4.42. The summed E-state index contributed by atoms with van der Waals surface area (Å²) in [5.41, 5.74) is 4.99. The predicted octanol–water partition coefficient (Wildman–Crippen LogP) is 6.14. The van der Waals surface area contributed by atoms with E-state index in [-0.39, 0.29) is 7.43 Å². The van der Waals surface area contributed by atoms with Crippen LogP contribution in [0.25, 0.3) is 16.7 Å². The van der Waals surface area contributed by atoms with E-state index in [1.165, 1.54) is 22.3 Å². The highest BCUT2D eigenvalue weighted by Crippen LogP contribution is 2.23. The third kappa shape index (κ3) is 4.10. The summed E-state index contributed by atoms with van der Waals surface area (Å²) in [6.45, 7) is 5.79.